The fourth-order valence-electron chi connectivity index (χ4n) is 3.15. The zero-order valence-corrected chi connectivity index (χ0v) is 18.6. The fourth-order valence-corrected chi connectivity index (χ4v) is 3.15. The molecule has 2 atom stereocenters. The lowest BCUT2D eigenvalue weighted by Gasteiger charge is -2.23. The predicted octanol–water partition coefficient (Wildman–Crippen LogP) is 6.06. The Hall–Kier alpha value is -2.29. The Balaban J connectivity index is 2.05. The molecule has 0 aliphatic heterocycles. The molecule has 0 spiro atoms. The summed E-state index contributed by atoms with van der Waals surface area (Å²) in [7, 11) is 0. The van der Waals surface area contributed by atoms with Crippen LogP contribution in [0.25, 0.3) is 0 Å². The molecule has 3 nitrogen and oxygen atoms in total. The molecule has 0 fully saturated rings. The lowest BCUT2D eigenvalue weighted by Crippen LogP contribution is -2.38. The number of nitrogens with one attached hydrogen (secondary N) is 1. The van der Waals surface area contributed by atoms with E-state index < -0.39 is 6.10 Å². The highest BCUT2D eigenvalue weighted by Gasteiger charge is 2.20. The normalized spacial score (nSPS) is 13.9. The fraction of sp³-hybridized carbons (Fsp3) is 0.480. The number of carbonyl (C=O) groups is 1. The van der Waals surface area contributed by atoms with Gasteiger partial charge in [-0.05, 0) is 60.4 Å². The molecule has 2 rings (SSSR count). The third-order valence-electron chi connectivity index (χ3n) is 5.10. The topological polar surface area (TPSA) is 38.3 Å². The van der Waals surface area contributed by atoms with Gasteiger partial charge >= 0.3 is 0 Å². The van der Waals surface area contributed by atoms with Crippen molar-refractivity contribution in [2.45, 2.75) is 78.9 Å². The highest BCUT2D eigenvalue weighted by Crippen LogP contribution is 2.28. The molecule has 0 aliphatic rings. The predicted molar refractivity (Wildman–Crippen MR) is 117 cm³/mol. The summed E-state index contributed by atoms with van der Waals surface area (Å²) in [5, 5.41) is 3.07. The van der Waals surface area contributed by atoms with E-state index in [4.69, 9.17) is 4.74 Å². The van der Waals surface area contributed by atoms with Gasteiger partial charge in [0.05, 0.1) is 6.04 Å². The first-order chi connectivity index (χ1) is 13.0. The Bertz CT molecular complexity index is 800. The Morgan fingerprint density at radius 1 is 0.964 bits per heavy atom. The highest BCUT2D eigenvalue weighted by molar-refractivity contribution is 5.81. The SMILES string of the molecule is Cc1ccc(C(C)C)c(O[C@@H](C)C(=O)N[C@@H](C)c2ccc(C(C)(C)C)cc2)c1. The standard InChI is InChI=1S/C25H35NO2/c1-16(2)22-14-9-17(3)15-23(22)28-19(5)24(27)26-18(4)20-10-12-21(13-11-20)25(6,7)8/h9-16,18-19H,1-8H3,(H,26,27)/t18-,19-/m0/s1. The minimum atomic E-state index is -0.560. The Morgan fingerprint density at radius 2 is 1.57 bits per heavy atom. The minimum Gasteiger partial charge on any atom is -0.481 e. The lowest BCUT2D eigenvalue weighted by atomic mass is 9.86. The molecule has 0 unspecified atom stereocenters. The number of hydrogen-bond acceptors (Lipinski definition) is 2. The van der Waals surface area contributed by atoms with E-state index in [1.807, 2.05) is 19.9 Å². The van der Waals surface area contributed by atoms with Crippen molar-refractivity contribution in [3.05, 3.63) is 64.7 Å². The molecule has 0 saturated heterocycles. The largest absolute Gasteiger partial charge is 0.481 e. The Labute approximate surface area is 170 Å². The molecule has 2 aromatic rings. The molecule has 0 heterocycles. The minimum absolute atomic E-state index is 0.0744. The quantitative estimate of drug-likeness (QED) is 0.660. The van der Waals surface area contributed by atoms with Crippen molar-refractivity contribution < 1.29 is 9.53 Å². The maximum Gasteiger partial charge on any atom is 0.261 e. The number of carbonyl (C=O) groups excluding carboxylic acids is 1. The van der Waals surface area contributed by atoms with Crippen LogP contribution in [-0.2, 0) is 10.2 Å². The first-order valence-corrected chi connectivity index (χ1v) is 10.2. The van der Waals surface area contributed by atoms with Crippen LogP contribution in [0.1, 0.15) is 82.7 Å². The van der Waals surface area contributed by atoms with Gasteiger partial charge < -0.3 is 10.1 Å². The molecule has 0 aliphatic carbocycles. The Morgan fingerprint density at radius 3 is 2.11 bits per heavy atom. The molecule has 3 heteroatoms. The van der Waals surface area contributed by atoms with E-state index in [2.05, 4.69) is 76.3 Å². The Kier molecular flexibility index (Phi) is 6.92. The second-order valence-corrected chi connectivity index (χ2v) is 9.06. The smallest absolute Gasteiger partial charge is 0.261 e. The van der Waals surface area contributed by atoms with Gasteiger partial charge in [0.25, 0.3) is 5.91 Å². The number of ether oxygens (including phenoxy) is 1. The first kappa shape index (κ1) is 22.0. The van der Waals surface area contributed by atoms with Gasteiger partial charge in [0.1, 0.15) is 5.75 Å². The van der Waals surface area contributed by atoms with Crippen LogP contribution in [-0.4, -0.2) is 12.0 Å². The number of amides is 1. The van der Waals surface area contributed by atoms with E-state index in [1.165, 1.54) is 5.56 Å². The molecule has 1 N–H and O–H groups in total. The summed E-state index contributed by atoms with van der Waals surface area (Å²) < 4.78 is 6.04. The molecule has 1 amide bonds. The number of benzene rings is 2. The molecule has 2 aromatic carbocycles. The van der Waals surface area contributed by atoms with Crippen molar-refractivity contribution in [2.75, 3.05) is 0 Å². The molecule has 152 valence electrons. The maximum atomic E-state index is 12.7. The van der Waals surface area contributed by atoms with E-state index >= 15 is 0 Å². The van der Waals surface area contributed by atoms with Crippen molar-refractivity contribution in [1.82, 2.24) is 5.32 Å². The average Bonchev–Trinajstić information content (AvgIpc) is 2.60. The molecule has 0 bridgehead atoms. The summed E-state index contributed by atoms with van der Waals surface area (Å²) in [5.41, 5.74) is 4.74. The zero-order valence-electron chi connectivity index (χ0n) is 18.6. The maximum absolute atomic E-state index is 12.7. The van der Waals surface area contributed by atoms with Crippen molar-refractivity contribution in [3.8, 4) is 5.75 Å². The van der Waals surface area contributed by atoms with Crippen molar-refractivity contribution in [1.29, 1.82) is 0 Å². The first-order valence-electron chi connectivity index (χ1n) is 10.2. The third kappa shape index (κ3) is 5.60. The van der Waals surface area contributed by atoms with Crippen molar-refractivity contribution in [2.24, 2.45) is 0 Å². The molecular formula is C25H35NO2. The van der Waals surface area contributed by atoms with E-state index in [9.17, 15) is 4.79 Å². The van der Waals surface area contributed by atoms with Gasteiger partial charge in [0.2, 0.25) is 0 Å². The van der Waals surface area contributed by atoms with Crippen LogP contribution in [0.5, 0.6) is 5.75 Å². The van der Waals surface area contributed by atoms with Gasteiger partial charge in [-0.3, -0.25) is 4.79 Å². The van der Waals surface area contributed by atoms with Crippen LogP contribution >= 0.6 is 0 Å². The van der Waals surface area contributed by atoms with Crippen LogP contribution in [0.4, 0.5) is 0 Å². The van der Waals surface area contributed by atoms with E-state index in [1.54, 1.807) is 6.92 Å². The second kappa shape index (κ2) is 8.81. The highest BCUT2D eigenvalue weighted by atomic mass is 16.5. The summed E-state index contributed by atoms with van der Waals surface area (Å²) in [5.74, 6) is 1.02. The number of aryl methyl sites for hydroxylation is 1. The van der Waals surface area contributed by atoms with E-state index in [-0.39, 0.29) is 17.4 Å². The van der Waals surface area contributed by atoms with Gasteiger partial charge in [0.15, 0.2) is 6.10 Å². The third-order valence-corrected chi connectivity index (χ3v) is 5.10. The summed E-state index contributed by atoms with van der Waals surface area (Å²) in [4.78, 5) is 12.7. The molecule has 0 aromatic heterocycles. The van der Waals surface area contributed by atoms with Gasteiger partial charge in [-0.1, -0.05) is 71.0 Å². The molecule has 0 radical (unpaired) electrons. The second-order valence-electron chi connectivity index (χ2n) is 9.06. The van der Waals surface area contributed by atoms with Gasteiger partial charge in [-0.15, -0.1) is 0 Å². The molecule has 28 heavy (non-hydrogen) atoms. The van der Waals surface area contributed by atoms with Gasteiger partial charge in [-0.2, -0.15) is 0 Å². The van der Waals surface area contributed by atoms with Crippen molar-refractivity contribution >= 4 is 5.91 Å². The van der Waals surface area contributed by atoms with E-state index in [0.29, 0.717) is 5.92 Å². The van der Waals surface area contributed by atoms with E-state index in [0.717, 1.165) is 22.4 Å². The van der Waals surface area contributed by atoms with Crippen LogP contribution in [0.15, 0.2) is 42.5 Å². The van der Waals surface area contributed by atoms with Crippen molar-refractivity contribution in [3.63, 3.8) is 0 Å². The lowest BCUT2D eigenvalue weighted by molar-refractivity contribution is -0.127. The summed E-state index contributed by atoms with van der Waals surface area (Å²) in [6.45, 7) is 16.7. The average molecular weight is 382 g/mol. The van der Waals surface area contributed by atoms with Crippen LogP contribution in [0.3, 0.4) is 0 Å². The monoisotopic (exact) mass is 381 g/mol. The van der Waals surface area contributed by atoms with Crippen LogP contribution < -0.4 is 10.1 Å². The number of hydrogen-bond donors (Lipinski definition) is 1. The van der Waals surface area contributed by atoms with Crippen LogP contribution in [0.2, 0.25) is 0 Å². The zero-order chi connectivity index (χ0) is 21.1. The van der Waals surface area contributed by atoms with Gasteiger partial charge in [-0.25, -0.2) is 0 Å². The van der Waals surface area contributed by atoms with Gasteiger partial charge in [0, 0.05) is 0 Å². The summed E-state index contributed by atoms with van der Waals surface area (Å²) >= 11 is 0. The summed E-state index contributed by atoms with van der Waals surface area (Å²) in [6.07, 6.45) is -0.560. The molecule has 0 saturated carbocycles. The summed E-state index contributed by atoms with van der Waals surface area (Å²) in [6, 6.07) is 14.6. The number of rotatable bonds is 6. The van der Waals surface area contributed by atoms with Crippen LogP contribution in [0, 0.1) is 6.92 Å². The molecular weight excluding hydrogens is 346 g/mol.